The van der Waals surface area contributed by atoms with E-state index in [2.05, 4.69) is 42.3 Å². The van der Waals surface area contributed by atoms with Crippen molar-refractivity contribution in [2.45, 2.75) is 111 Å². The molecule has 0 bridgehead atoms. The molecule has 0 aliphatic heterocycles. The molecule has 0 fully saturated rings. The van der Waals surface area contributed by atoms with Crippen LogP contribution in [0.15, 0.2) is 12.4 Å². The van der Waals surface area contributed by atoms with Gasteiger partial charge in [0.1, 0.15) is 12.4 Å². The van der Waals surface area contributed by atoms with E-state index in [4.69, 9.17) is 0 Å². The summed E-state index contributed by atoms with van der Waals surface area (Å²) >= 11 is 0. The molecule has 0 radical (unpaired) electrons. The molecular weight excluding hydrogens is 268 g/mol. The average molecular weight is 308 g/mol. The molecule has 0 aromatic carbocycles. The Balaban J connectivity index is 2.10. The molecule has 0 amide bonds. The first-order valence-electron chi connectivity index (χ1n) is 9.90. The summed E-state index contributed by atoms with van der Waals surface area (Å²) in [5.41, 5.74) is 0. The molecule has 0 N–H and O–H groups in total. The number of aromatic nitrogens is 2. The molecular formula is C20H39N2+. The largest absolute Gasteiger partial charge is 0.256 e. The molecule has 0 saturated carbocycles. The van der Waals surface area contributed by atoms with Crippen LogP contribution in [0.25, 0.3) is 0 Å². The number of rotatable bonds is 14. The fourth-order valence-corrected chi connectivity index (χ4v) is 3.29. The van der Waals surface area contributed by atoms with Gasteiger partial charge in [0.2, 0.25) is 0 Å². The van der Waals surface area contributed by atoms with Gasteiger partial charge in [-0.1, -0.05) is 71.6 Å². The van der Waals surface area contributed by atoms with Crippen LogP contribution in [0.1, 0.15) is 97.2 Å². The lowest BCUT2D eigenvalue weighted by Crippen LogP contribution is -2.36. The van der Waals surface area contributed by atoms with Crippen LogP contribution in [0.3, 0.4) is 0 Å². The molecule has 2 nitrogen and oxygen atoms in total. The normalized spacial score (nSPS) is 11.2. The Bertz CT molecular complexity index is 368. The maximum Gasteiger partial charge on any atom is 0.256 e. The monoisotopic (exact) mass is 307 g/mol. The second-order valence-corrected chi connectivity index (χ2v) is 6.63. The van der Waals surface area contributed by atoms with Gasteiger partial charge in [-0.15, -0.1) is 0 Å². The van der Waals surface area contributed by atoms with Crippen LogP contribution in [0.5, 0.6) is 0 Å². The lowest BCUT2D eigenvalue weighted by molar-refractivity contribution is -0.700. The van der Waals surface area contributed by atoms with Crippen molar-refractivity contribution >= 4 is 0 Å². The highest BCUT2D eigenvalue weighted by Gasteiger charge is 2.14. The molecule has 1 aromatic heterocycles. The van der Waals surface area contributed by atoms with E-state index >= 15 is 0 Å². The van der Waals surface area contributed by atoms with Gasteiger partial charge in [-0.05, 0) is 19.8 Å². The maximum atomic E-state index is 2.46. The Labute approximate surface area is 138 Å². The summed E-state index contributed by atoms with van der Waals surface area (Å²) in [5, 5.41) is 0. The molecule has 1 heterocycles. The first kappa shape index (κ1) is 19.3. The minimum Gasteiger partial charge on any atom is -0.235 e. The topological polar surface area (TPSA) is 8.81 Å². The smallest absolute Gasteiger partial charge is 0.235 e. The Morgan fingerprint density at radius 1 is 0.773 bits per heavy atom. The number of nitrogens with zero attached hydrogens (tertiary/aromatic N) is 2. The van der Waals surface area contributed by atoms with Crippen molar-refractivity contribution in [3.8, 4) is 0 Å². The zero-order valence-electron chi connectivity index (χ0n) is 15.4. The molecule has 0 aliphatic rings. The van der Waals surface area contributed by atoms with E-state index in [0.717, 1.165) is 6.54 Å². The van der Waals surface area contributed by atoms with E-state index < -0.39 is 0 Å². The van der Waals surface area contributed by atoms with Gasteiger partial charge in [0.25, 0.3) is 5.82 Å². The van der Waals surface area contributed by atoms with Gasteiger partial charge in [-0.3, -0.25) is 0 Å². The average Bonchev–Trinajstić information content (AvgIpc) is 2.91. The van der Waals surface area contributed by atoms with Crippen molar-refractivity contribution in [2.24, 2.45) is 0 Å². The standard InChI is InChI=1S/C20H39N2/c1-4-7-8-9-10-11-12-13-14-15-16-20-21(6-3)18-19-22(20)17-5-2/h18-19H,4-17H2,1-3H3/q+1. The van der Waals surface area contributed by atoms with Crippen LogP contribution in [-0.4, -0.2) is 4.57 Å². The molecule has 128 valence electrons. The molecule has 0 unspecified atom stereocenters. The summed E-state index contributed by atoms with van der Waals surface area (Å²) in [6, 6.07) is 0. The minimum atomic E-state index is 1.10. The van der Waals surface area contributed by atoms with Crippen molar-refractivity contribution in [3.63, 3.8) is 0 Å². The zero-order valence-corrected chi connectivity index (χ0v) is 15.4. The van der Waals surface area contributed by atoms with Crippen LogP contribution in [0, 0.1) is 0 Å². The molecule has 2 heteroatoms. The number of hydrogen-bond acceptors (Lipinski definition) is 0. The van der Waals surface area contributed by atoms with Gasteiger partial charge in [-0.2, -0.15) is 0 Å². The van der Waals surface area contributed by atoms with Gasteiger partial charge < -0.3 is 0 Å². The Hall–Kier alpha value is -0.790. The van der Waals surface area contributed by atoms with Crippen LogP contribution in [-0.2, 0) is 19.5 Å². The van der Waals surface area contributed by atoms with E-state index in [9.17, 15) is 0 Å². The molecule has 1 aromatic rings. The molecule has 1 rings (SSSR count). The summed E-state index contributed by atoms with van der Waals surface area (Å²) in [6.45, 7) is 9.07. The minimum absolute atomic E-state index is 1.10. The van der Waals surface area contributed by atoms with Gasteiger partial charge in [0.05, 0.1) is 13.1 Å². The number of unbranched alkanes of at least 4 members (excludes halogenated alkanes) is 9. The quantitative estimate of drug-likeness (QED) is 0.309. The van der Waals surface area contributed by atoms with E-state index in [1.54, 1.807) is 0 Å². The fourth-order valence-electron chi connectivity index (χ4n) is 3.29. The van der Waals surface area contributed by atoms with Crippen LogP contribution < -0.4 is 4.57 Å². The number of imidazole rings is 1. The SMILES string of the molecule is CCCCCCCCCCCCc1n(CCC)cc[n+]1CC. The summed E-state index contributed by atoms with van der Waals surface area (Å²) in [5.74, 6) is 1.53. The van der Waals surface area contributed by atoms with E-state index in [0.29, 0.717) is 0 Å². The lowest BCUT2D eigenvalue weighted by atomic mass is 10.1. The maximum absolute atomic E-state index is 2.46. The van der Waals surface area contributed by atoms with Crippen LogP contribution >= 0.6 is 0 Å². The zero-order chi connectivity index (χ0) is 16.0. The Kier molecular flexibility index (Phi) is 11.1. The fraction of sp³-hybridized carbons (Fsp3) is 0.850. The first-order valence-corrected chi connectivity index (χ1v) is 9.90. The summed E-state index contributed by atoms with van der Waals surface area (Å²) in [6.07, 6.45) is 21.2. The molecule has 0 aliphatic carbocycles. The summed E-state index contributed by atoms with van der Waals surface area (Å²) in [7, 11) is 0. The highest BCUT2D eigenvalue weighted by molar-refractivity contribution is 4.84. The number of hydrogen-bond donors (Lipinski definition) is 0. The van der Waals surface area contributed by atoms with Gasteiger partial charge >= 0.3 is 0 Å². The van der Waals surface area contributed by atoms with Crippen molar-refractivity contribution in [2.75, 3.05) is 0 Å². The van der Waals surface area contributed by atoms with Crippen LogP contribution in [0.4, 0.5) is 0 Å². The van der Waals surface area contributed by atoms with Gasteiger partial charge in [-0.25, -0.2) is 9.13 Å². The highest BCUT2D eigenvalue weighted by atomic mass is 15.1. The summed E-state index contributed by atoms with van der Waals surface area (Å²) in [4.78, 5) is 0. The Morgan fingerprint density at radius 3 is 1.91 bits per heavy atom. The third-order valence-electron chi connectivity index (χ3n) is 4.65. The Morgan fingerprint density at radius 2 is 1.36 bits per heavy atom. The third kappa shape index (κ3) is 7.47. The second-order valence-electron chi connectivity index (χ2n) is 6.63. The van der Waals surface area contributed by atoms with Crippen LogP contribution in [0.2, 0.25) is 0 Å². The van der Waals surface area contributed by atoms with E-state index in [-0.39, 0.29) is 0 Å². The molecule has 0 atom stereocenters. The van der Waals surface area contributed by atoms with Gasteiger partial charge in [0, 0.05) is 6.42 Å². The molecule has 0 spiro atoms. The van der Waals surface area contributed by atoms with Crippen molar-refractivity contribution in [1.82, 2.24) is 4.57 Å². The lowest BCUT2D eigenvalue weighted by Gasteiger charge is -2.04. The predicted molar refractivity (Wildman–Crippen MR) is 96.1 cm³/mol. The van der Waals surface area contributed by atoms with E-state index in [1.807, 2.05) is 0 Å². The second kappa shape index (κ2) is 12.7. The highest BCUT2D eigenvalue weighted by Crippen LogP contribution is 2.12. The molecule has 22 heavy (non-hydrogen) atoms. The number of aryl methyl sites for hydroxylation is 2. The first-order chi connectivity index (χ1) is 10.8. The van der Waals surface area contributed by atoms with Crippen molar-refractivity contribution < 1.29 is 4.57 Å². The van der Waals surface area contributed by atoms with Crippen molar-refractivity contribution in [3.05, 3.63) is 18.2 Å². The predicted octanol–water partition coefficient (Wildman–Crippen LogP) is 5.67. The van der Waals surface area contributed by atoms with E-state index in [1.165, 1.54) is 89.4 Å². The third-order valence-corrected chi connectivity index (χ3v) is 4.65. The summed E-state index contributed by atoms with van der Waals surface area (Å²) < 4.78 is 4.88. The van der Waals surface area contributed by atoms with Crippen molar-refractivity contribution in [1.29, 1.82) is 0 Å². The molecule has 0 saturated heterocycles. The van der Waals surface area contributed by atoms with Gasteiger partial charge in [0.15, 0.2) is 0 Å².